The number of aliphatic hydroxyl groups is 1. The minimum atomic E-state index is -0.559. The zero-order chi connectivity index (χ0) is 9.42. The molecule has 0 bridgehead atoms. The predicted octanol–water partition coefficient (Wildman–Crippen LogP) is -0.0559. The predicted molar refractivity (Wildman–Crippen MR) is 47.6 cm³/mol. The van der Waals surface area contributed by atoms with Gasteiger partial charge in [-0.2, -0.15) is 4.37 Å². The number of hydrogen-bond acceptors (Lipinski definition) is 5. The van der Waals surface area contributed by atoms with Crippen molar-refractivity contribution in [2.24, 2.45) is 0 Å². The Morgan fingerprint density at radius 1 is 1.69 bits per heavy atom. The molecule has 1 unspecified atom stereocenters. The van der Waals surface area contributed by atoms with Crippen molar-refractivity contribution in [3.63, 3.8) is 0 Å². The number of rotatable bonds is 1. The quantitative estimate of drug-likeness (QED) is 0.688. The molecule has 1 N–H and O–H groups in total. The minimum absolute atomic E-state index is 0.0800. The van der Waals surface area contributed by atoms with Crippen LogP contribution in [0.1, 0.15) is 12.2 Å². The number of aliphatic hydroxyl groups excluding tert-OH is 1. The molecule has 0 spiro atoms. The average molecular weight is 199 g/mol. The number of hydrogen-bond donors (Lipinski definition) is 1. The lowest BCUT2D eigenvalue weighted by Crippen LogP contribution is -2.24. The second kappa shape index (κ2) is 3.04. The van der Waals surface area contributed by atoms with Crippen molar-refractivity contribution < 1.29 is 9.90 Å². The number of aromatic nitrogens is 2. The Hall–Kier alpha value is -1.01. The number of nitrogens with zero attached hydrogens (tertiary/aromatic N) is 3. The summed E-state index contributed by atoms with van der Waals surface area (Å²) in [7, 11) is 0. The van der Waals surface area contributed by atoms with Crippen LogP contribution in [0.2, 0.25) is 0 Å². The molecule has 1 aliphatic rings. The van der Waals surface area contributed by atoms with Crippen molar-refractivity contribution in [1.29, 1.82) is 0 Å². The lowest BCUT2D eigenvalue weighted by molar-refractivity contribution is -0.117. The van der Waals surface area contributed by atoms with Gasteiger partial charge in [-0.3, -0.25) is 9.69 Å². The molecule has 1 fully saturated rings. The molecule has 1 amide bonds. The van der Waals surface area contributed by atoms with Gasteiger partial charge in [0.25, 0.3) is 0 Å². The largest absolute Gasteiger partial charge is 0.391 e. The first-order chi connectivity index (χ1) is 6.16. The summed E-state index contributed by atoms with van der Waals surface area (Å²) in [5, 5.41) is 9.81. The third-order valence-corrected chi connectivity index (χ3v) is 2.68. The molecule has 1 atom stereocenters. The first kappa shape index (κ1) is 8.58. The molecule has 70 valence electrons. The maximum atomic E-state index is 11.3. The fourth-order valence-electron chi connectivity index (χ4n) is 1.27. The number of β-amino-alcohol motifs (C(OH)–C–C–N with tert-alkyl or cyclic N) is 1. The second-order valence-electron chi connectivity index (χ2n) is 2.99. The van der Waals surface area contributed by atoms with Gasteiger partial charge in [0.2, 0.25) is 11.0 Å². The summed E-state index contributed by atoms with van der Waals surface area (Å²) in [6, 6.07) is 0. The van der Waals surface area contributed by atoms with Crippen LogP contribution in [0.25, 0.3) is 0 Å². The molecule has 0 aliphatic carbocycles. The van der Waals surface area contributed by atoms with Gasteiger partial charge < -0.3 is 5.11 Å². The van der Waals surface area contributed by atoms with Gasteiger partial charge in [0.1, 0.15) is 5.82 Å². The van der Waals surface area contributed by atoms with E-state index in [0.29, 0.717) is 17.5 Å². The molecule has 1 aliphatic heterocycles. The van der Waals surface area contributed by atoms with E-state index in [4.69, 9.17) is 0 Å². The normalized spacial score (nSPS) is 22.8. The standard InChI is InChI=1S/C7H9N3O2S/c1-4-8-7(13-9-4)10-3-5(11)2-6(10)12/h5,11H,2-3H2,1H3. The zero-order valence-electron chi connectivity index (χ0n) is 7.10. The van der Waals surface area contributed by atoms with E-state index in [1.807, 2.05) is 0 Å². The van der Waals surface area contributed by atoms with Crippen LogP contribution in [0, 0.1) is 6.92 Å². The third-order valence-electron chi connectivity index (χ3n) is 1.85. The van der Waals surface area contributed by atoms with Crippen molar-refractivity contribution in [2.45, 2.75) is 19.4 Å². The number of carbonyl (C=O) groups excluding carboxylic acids is 1. The molecule has 2 heterocycles. The summed E-state index contributed by atoms with van der Waals surface area (Å²) >= 11 is 1.19. The Bertz CT molecular complexity index is 338. The van der Waals surface area contributed by atoms with Gasteiger partial charge in [0, 0.05) is 11.5 Å². The first-order valence-electron chi connectivity index (χ1n) is 3.95. The van der Waals surface area contributed by atoms with E-state index in [0.717, 1.165) is 0 Å². The first-order valence-corrected chi connectivity index (χ1v) is 4.73. The highest BCUT2D eigenvalue weighted by Crippen LogP contribution is 2.22. The van der Waals surface area contributed by atoms with Gasteiger partial charge in [-0.25, -0.2) is 4.98 Å². The van der Waals surface area contributed by atoms with Crippen LogP contribution in [0.4, 0.5) is 5.13 Å². The van der Waals surface area contributed by atoms with Crippen molar-refractivity contribution >= 4 is 22.6 Å². The van der Waals surface area contributed by atoms with E-state index in [1.54, 1.807) is 6.92 Å². The second-order valence-corrected chi connectivity index (χ2v) is 3.72. The number of aryl methyl sites for hydroxylation is 1. The minimum Gasteiger partial charge on any atom is -0.391 e. The highest BCUT2D eigenvalue weighted by molar-refractivity contribution is 7.09. The molecule has 6 heteroatoms. The van der Waals surface area contributed by atoms with Crippen LogP contribution < -0.4 is 4.90 Å². The van der Waals surface area contributed by atoms with Crippen LogP contribution in [0.5, 0.6) is 0 Å². The molecule has 0 saturated carbocycles. The molecule has 13 heavy (non-hydrogen) atoms. The Balaban J connectivity index is 2.22. The van der Waals surface area contributed by atoms with E-state index in [2.05, 4.69) is 9.36 Å². The van der Waals surface area contributed by atoms with Gasteiger partial charge in [-0.15, -0.1) is 0 Å². The fraction of sp³-hybridized carbons (Fsp3) is 0.571. The van der Waals surface area contributed by atoms with Gasteiger partial charge >= 0.3 is 0 Å². The smallest absolute Gasteiger partial charge is 0.231 e. The number of anilines is 1. The lowest BCUT2D eigenvalue weighted by Gasteiger charge is -2.09. The Morgan fingerprint density at radius 2 is 2.46 bits per heavy atom. The molecule has 5 nitrogen and oxygen atoms in total. The SMILES string of the molecule is Cc1nsc(N2CC(O)CC2=O)n1. The summed E-state index contributed by atoms with van der Waals surface area (Å²) in [4.78, 5) is 16.9. The fourth-order valence-corrected chi connectivity index (χ4v) is 1.97. The van der Waals surface area contributed by atoms with Crippen molar-refractivity contribution in [1.82, 2.24) is 9.36 Å². The van der Waals surface area contributed by atoms with Crippen LogP contribution in [0.15, 0.2) is 0 Å². The summed E-state index contributed by atoms with van der Waals surface area (Å²) in [6.45, 7) is 2.12. The van der Waals surface area contributed by atoms with E-state index in [1.165, 1.54) is 16.4 Å². The summed E-state index contributed by atoms with van der Waals surface area (Å²) in [5.41, 5.74) is 0. The van der Waals surface area contributed by atoms with E-state index in [9.17, 15) is 9.90 Å². The van der Waals surface area contributed by atoms with Crippen molar-refractivity contribution in [3.05, 3.63) is 5.82 Å². The summed E-state index contributed by atoms with van der Waals surface area (Å²) < 4.78 is 3.98. The Kier molecular flexibility index (Phi) is 2.01. The van der Waals surface area contributed by atoms with Crippen LogP contribution in [0.3, 0.4) is 0 Å². The highest BCUT2D eigenvalue weighted by atomic mass is 32.1. The summed E-state index contributed by atoms with van der Waals surface area (Å²) in [5.74, 6) is 0.581. The van der Waals surface area contributed by atoms with Crippen molar-refractivity contribution in [3.8, 4) is 0 Å². The van der Waals surface area contributed by atoms with Gasteiger partial charge in [0.15, 0.2) is 0 Å². The monoisotopic (exact) mass is 199 g/mol. The molecule has 2 rings (SSSR count). The van der Waals surface area contributed by atoms with Crippen LogP contribution in [-0.4, -0.2) is 33.0 Å². The molecule has 0 aromatic carbocycles. The molecule has 1 aromatic heterocycles. The maximum absolute atomic E-state index is 11.3. The molecule has 1 saturated heterocycles. The Labute approximate surface area is 79.2 Å². The molecule has 1 aromatic rings. The number of amides is 1. The average Bonchev–Trinajstić information content (AvgIpc) is 2.58. The number of carbonyl (C=O) groups is 1. The molecule has 0 radical (unpaired) electrons. The van der Waals surface area contributed by atoms with Crippen LogP contribution >= 0.6 is 11.5 Å². The highest BCUT2D eigenvalue weighted by Gasteiger charge is 2.30. The Morgan fingerprint density at radius 3 is 2.92 bits per heavy atom. The maximum Gasteiger partial charge on any atom is 0.231 e. The zero-order valence-corrected chi connectivity index (χ0v) is 7.91. The lowest BCUT2D eigenvalue weighted by atomic mass is 10.3. The van der Waals surface area contributed by atoms with Crippen molar-refractivity contribution in [2.75, 3.05) is 11.4 Å². The molecular formula is C7H9N3O2S. The topological polar surface area (TPSA) is 66.3 Å². The van der Waals surface area contributed by atoms with E-state index >= 15 is 0 Å². The van der Waals surface area contributed by atoms with Gasteiger partial charge in [-0.05, 0) is 6.92 Å². The summed E-state index contributed by atoms with van der Waals surface area (Å²) in [6.07, 6.45) is -0.366. The van der Waals surface area contributed by atoms with E-state index < -0.39 is 6.10 Å². The van der Waals surface area contributed by atoms with Gasteiger partial charge in [-0.1, -0.05) is 0 Å². The molecular weight excluding hydrogens is 190 g/mol. The van der Waals surface area contributed by atoms with E-state index in [-0.39, 0.29) is 12.3 Å². The van der Waals surface area contributed by atoms with Gasteiger partial charge in [0.05, 0.1) is 19.1 Å². The van der Waals surface area contributed by atoms with Crippen LogP contribution in [-0.2, 0) is 4.79 Å². The third kappa shape index (κ3) is 1.54.